The Bertz CT molecular complexity index is 665. The molecule has 0 fully saturated rings. The fraction of sp³-hybridized carbons (Fsp3) is 0.188. The highest BCUT2D eigenvalue weighted by Gasteiger charge is 2.28. The molecular weight excluding hydrogens is 337 g/mol. The van der Waals surface area contributed by atoms with E-state index in [4.69, 9.17) is 4.74 Å². The molecule has 0 spiro atoms. The van der Waals surface area contributed by atoms with E-state index in [1.807, 2.05) is 24.3 Å². The van der Waals surface area contributed by atoms with Gasteiger partial charge in [0.1, 0.15) is 11.6 Å². The van der Waals surface area contributed by atoms with Crippen molar-refractivity contribution in [3.63, 3.8) is 0 Å². The minimum absolute atomic E-state index is 0.139. The van der Waals surface area contributed by atoms with Crippen LogP contribution in [0.3, 0.4) is 0 Å². The van der Waals surface area contributed by atoms with Gasteiger partial charge < -0.3 is 10.1 Å². The molecule has 0 bridgehead atoms. The van der Waals surface area contributed by atoms with Gasteiger partial charge in [0.25, 0.3) is 5.91 Å². The molecule has 0 saturated carbocycles. The van der Waals surface area contributed by atoms with Gasteiger partial charge >= 0.3 is 0 Å². The van der Waals surface area contributed by atoms with Crippen LogP contribution in [-0.4, -0.2) is 12.0 Å². The minimum atomic E-state index is -0.544. The molecule has 1 heterocycles. The van der Waals surface area contributed by atoms with Crippen molar-refractivity contribution < 1.29 is 13.9 Å². The molecule has 1 unspecified atom stereocenters. The lowest BCUT2D eigenvalue weighted by molar-refractivity contribution is -0.127. The van der Waals surface area contributed by atoms with E-state index in [2.05, 4.69) is 21.2 Å². The number of ether oxygens (including phenoxy) is 1. The maximum atomic E-state index is 13.6. The summed E-state index contributed by atoms with van der Waals surface area (Å²) in [5.74, 6) is 0.172. The molecule has 0 saturated heterocycles. The van der Waals surface area contributed by atoms with Gasteiger partial charge in [0.15, 0.2) is 6.10 Å². The number of hydrogen-bond donors (Lipinski definition) is 1. The molecule has 3 rings (SSSR count). The van der Waals surface area contributed by atoms with E-state index in [0.717, 1.165) is 15.8 Å². The van der Waals surface area contributed by atoms with E-state index in [0.29, 0.717) is 12.0 Å². The summed E-state index contributed by atoms with van der Waals surface area (Å²) in [5.41, 5.74) is 1.46. The van der Waals surface area contributed by atoms with Crippen molar-refractivity contribution in [2.45, 2.75) is 19.1 Å². The van der Waals surface area contributed by atoms with Gasteiger partial charge in [0, 0.05) is 23.0 Å². The smallest absolute Gasteiger partial charge is 0.261 e. The van der Waals surface area contributed by atoms with Crippen molar-refractivity contribution in [3.05, 3.63) is 63.9 Å². The average molecular weight is 350 g/mol. The number of benzene rings is 2. The number of para-hydroxylation sites is 1. The Hall–Kier alpha value is -1.88. The summed E-state index contributed by atoms with van der Waals surface area (Å²) in [4.78, 5) is 12.1. The highest BCUT2D eigenvalue weighted by atomic mass is 79.9. The van der Waals surface area contributed by atoms with Crippen LogP contribution in [0.15, 0.2) is 46.9 Å². The number of rotatable bonds is 3. The lowest BCUT2D eigenvalue weighted by atomic mass is 10.1. The van der Waals surface area contributed by atoms with E-state index in [-0.39, 0.29) is 18.3 Å². The van der Waals surface area contributed by atoms with Crippen molar-refractivity contribution >= 4 is 21.8 Å². The Morgan fingerprint density at radius 3 is 2.95 bits per heavy atom. The maximum Gasteiger partial charge on any atom is 0.261 e. The van der Waals surface area contributed by atoms with Gasteiger partial charge in [-0.05, 0) is 29.8 Å². The highest BCUT2D eigenvalue weighted by molar-refractivity contribution is 9.10. The Labute approximate surface area is 130 Å². The standard InChI is InChI=1S/C16H13BrFNO2/c17-12-5-6-13(18)11(7-12)9-19-16(20)15-8-10-3-1-2-4-14(10)21-15/h1-7,15H,8-9H2,(H,19,20). The summed E-state index contributed by atoms with van der Waals surface area (Å²) in [7, 11) is 0. The number of carbonyl (C=O) groups is 1. The summed E-state index contributed by atoms with van der Waals surface area (Å²) in [6.07, 6.45) is 0.000740. The van der Waals surface area contributed by atoms with Crippen LogP contribution in [0.1, 0.15) is 11.1 Å². The molecule has 5 heteroatoms. The van der Waals surface area contributed by atoms with Crippen LogP contribution in [0.4, 0.5) is 4.39 Å². The predicted octanol–water partition coefficient (Wildman–Crippen LogP) is 3.21. The third-order valence-corrected chi connectivity index (χ3v) is 3.89. The predicted molar refractivity (Wildman–Crippen MR) is 80.5 cm³/mol. The molecule has 1 amide bonds. The highest BCUT2D eigenvalue weighted by Crippen LogP contribution is 2.28. The van der Waals surface area contributed by atoms with Crippen molar-refractivity contribution in [2.24, 2.45) is 0 Å². The van der Waals surface area contributed by atoms with Gasteiger partial charge in [-0.2, -0.15) is 0 Å². The Morgan fingerprint density at radius 2 is 2.14 bits per heavy atom. The van der Waals surface area contributed by atoms with Crippen molar-refractivity contribution in [3.8, 4) is 5.75 Å². The molecule has 0 radical (unpaired) electrons. The lowest BCUT2D eigenvalue weighted by Crippen LogP contribution is -2.37. The molecule has 2 aromatic carbocycles. The molecule has 108 valence electrons. The second-order valence-corrected chi connectivity index (χ2v) is 5.79. The molecule has 3 nitrogen and oxygen atoms in total. The van der Waals surface area contributed by atoms with E-state index in [1.165, 1.54) is 6.07 Å². The summed E-state index contributed by atoms with van der Waals surface area (Å²) in [6.45, 7) is 0.139. The van der Waals surface area contributed by atoms with Crippen LogP contribution in [0.25, 0.3) is 0 Å². The molecule has 1 aliphatic heterocycles. The van der Waals surface area contributed by atoms with Crippen LogP contribution in [0, 0.1) is 5.82 Å². The van der Waals surface area contributed by atoms with Crippen LogP contribution in [0.2, 0.25) is 0 Å². The number of fused-ring (bicyclic) bond motifs is 1. The second kappa shape index (κ2) is 5.85. The van der Waals surface area contributed by atoms with E-state index >= 15 is 0 Å². The minimum Gasteiger partial charge on any atom is -0.480 e. The Kier molecular flexibility index (Phi) is 3.92. The van der Waals surface area contributed by atoms with E-state index < -0.39 is 6.10 Å². The zero-order chi connectivity index (χ0) is 14.8. The zero-order valence-electron chi connectivity index (χ0n) is 11.1. The second-order valence-electron chi connectivity index (χ2n) is 4.87. The first-order valence-corrected chi connectivity index (χ1v) is 7.39. The van der Waals surface area contributed by atoms with Gasteiger partial charge in [0.05, 0.1) is 0 Å². The summed E-state index contributed by atoms with van der Waals surface area (Å²) in [6, 6.07) is 12.2. The number of carbonyl (C=O) groups excluding carboxylic acids is 1. The number of halogens is 2. The average Bonchev–Trinajstić information content (AvgIpc) is 2.92. The van der Waals surface area contributed by atoms with Gasteiger partial charge in [-0.25, -0.2) is 4.39 Å². The van der Waals surface area contributed by atoms with Gasteiger partial charge in [-0.1, -0.05) is 34.1 Å². The van der Waals surface area contributed by atoms with Crippen molar-refractivity contribution in [1.82, 2.24) is 5.32 Å². The maximum absolute atomic E-state index is 13.6. The Balaban J connectivity index is 1.62. The molecule has 0 aromatic heterocycles. The molecular formula is C16H13BrFNO2. The molecule has 1 aliphatic rings. The van der Waals surface area contributed by atoms with Crippen LogP contribution < -0.4 is 10.1 Å². The van der Waals surface area contributed by atoms with Crippen molar-refractivity contribution in [1.29, 1.82) is 0 Å². The summed E-state index contributed by atoms with van der Waals surface area (Å²) < 4.78 is 20.0. The third kappa shape index (κ3) is 3.08. The number of hydrogen-bond acceptors (Lipinski definition) is 2. The normalized spacial score (nSPS) is 16.2. The number of amides is 1. The number of nitrogens with one attached hydrogen (secondary N) is 1. The first-order chi connectivity index (χ1) is 10.1. The van der Waals surface area contributed by atoms with Crippen LogP contribution in [-0.2, 0) is 17.8 Å². The third-order valence-electron chi connectivity index (χ3n) is 3.40. The molecule has 21 heavy (non-hydrogen) atoms. The summed E-state index contributed by atoms with van der Waals surface area (Å²) >= 11 is 3.29. The molecule has 0 aliphatic carbocycles. The monoisotopic (exact) mass is 349 g/mol. The first kappa shape index (κ1) is 14.1. The largest absolute Gasteiger partial charge is 0.480 e. The lowest BCUT2D eigenvalue weighted by Gasteiger charge is -2.12. The first-order valence-electron chi connectivity index (χ1n) is 6.59. The quantitative estimate of drug-likeness (QED) is 0.923. The fourth-order valence-electron chi connectivity index (χ4n) is 2.30. The SMILES string of the molecule is O=C(NCc1cc(Br)ccc1F)C1Cc2ccccc2O1. The Morgan fingerprint density at radius 1 is 1.33 bits per heavy atom. The van der Waals surface area contributed by atoms with Gasteiger partial charge in [-0.3, -0.25) is 4.79 Å². The summed E-state index contributed by atoms with van der Waals surface area (Å²) in [5, 5.41) is 2.72. The van der Waals surface area contributed by atoms with Gasteiger partial charge in [-0.15, -0.1) is 0 Å². The fourth-order valence-corrected chi connectivity index (χ4v) is 2.71. The van der Waals surface area contributed by atoms with Gasteiger partial charge in [0.2, 0.25) is 0 Å². The molecule has 1 N–H and O–H groups in total. The van der Waals surface area contributed by atoms with Crippen LogP contribution >= 0.6 is 15.9 Å². The van der Waals surface area contributed by atoms with Crippen LogP contribution in [0.5, 0.6) is 5.75 Å². The molecule has 2 aromatic rings. The van der Waals surface area contributed by atoms with Crippen molar-refractivity contribution in [2.75, 3.05) is 0 Å². The van der Waals surface area contributed by atoms with E-state index in [9.17, 15) is 9.18 Å². The molecule has 1 atom stereocenters. The van der Waals surface area contributed by atoms with E-state index in [1.54, 1.807) is 12.1 Å². The zero-order valence-corrected chi connectivity index (χ0v) is 12.7. The topological polar surface area (TPSA) is 38.3 Å².